The molecule has 2 aromatic rings. The van der Waals surface area contributed by atoms with Gasteiger partial charge in [-0.25, -0.2) is 0 Å². The summed E-state index contributed by atoms with van der Waals surface area (Å²) in [5.41, 5.74) is 0. The van der Waals surface area contributed by atoms with E-state index < -0.39 is 6.10 Å². The van der Waals surface area contributed by atoms with Crippen molar-refractivity contribution >= 4 is 23.4 Å². The minimum absolute atomic E-state index is 0.281. The Morgan fingerprint density at radius 2 is 1.61 bits per heavy atom. The number of benzene rings is 2. The Morgan fingerprint density at radius 1 is 1.04 bits per heavy atom. The van der Waals surface area contributed by atoms with Crippen LogP contribution in [0.15, 0.2) is 58.3 Å². The average Bonchev–Trinajstić information content (AvgIpc) is 2.54. The van der Waals surface area contributed by atoms with Crippen LogP contribution in [0.1, 0.15) is 13.8 Å². The maximum absolute atomic E-state index is 9.83. The minimum atomic E-state index is -0.513. The van der Waals surface area contributed by atoms with E-state index in [0.29, 0.717) is 12.6 Å². The molecule has 1 atom stereocenters. The van der Waals surface area contributed by atoms with Crippen molar-refractivity contribution in [2.45, 2.75) is 35.8 Å². The molecule has 0 saturated heterocycles. The van der Waals surface area contributed by atoms with E-state index in [-0.39, 0.29) is 6.61 Å². The molecule has 0 heterocycles. The first-order chi connectivity index (χ1) is 11.0. The number of hydrogen-bond acceptors (Lipinski definition) is 4. The van der Waals surface area contributed by atoms with E-state index in [2.05, 4.69) is 5.32 Å². The summed E-state index contributed by atoms with van der Waals surface area (Å²) >= 11 is 7.55. The Hall–Kier alpha value is -1.20. The van der Waals surface area contributed by atoms with Gasteiger partial charge in [-0.15, -0.1) is 0 Å². The molecular weight excluding hydrogens is 330 g/mol. The Balaban J connectivity index is 1.81. The van der Waals surface area contributed by atoms with Gasteiger partial charge in [-0.05, 0) is 48.5 Å². The van der Waals surface area contributed by atoms with Gasteiger partial charge in [0.15, 0.2) is 0 Å². The SMILES string of the molecule is CC(C)NC[C@H](O)COc1ccc(Sc2ccc(Cl)cc2)cc1. The maximum Gasteiger partial charge on any atom is 0.119 e. The van der Waals surface area contributed by atoms with E-state index in [1.165, 1.54) is 0 Å². The van der Waals surface area contributed by atoms with E-state index in [0.717, 1.165) is 20.6 Å². The minimum Gasteiger partial charge on any atom is -0.491 e. The largest absolute Gasteiger partial charge is 0.491 e. The fourth-order valence-corrected chi connectivity index (χ4v) is 2.81. The summed E-state index contributed by atoms with van der Waals surface area (Å²) in [4.78, 5) is 2.26. The second kappa shape index (κ2) is 9.18. The lowest BCUT2D eigenvalue weighted by Crippen LogP contribution is -2.35. The van der Waals surface area contributed by atoms with Crippen LogP contribution in [0.4, 0.5) is 0 Å². The first-order valence-corrected chi connectivity index (χ1v) is 8.80. The Morgan fingerprint density at radius 3 is 2.17 bits per heavy atom. The third kappa shape index (κ3) is 6.83. The van der Waals surface area contributed by atoms with Crippen molar-refractivity contribution in [2.75, 3.05) is 13.2 Å². The van der Waals surface area contributed by atoms with Crippen molar-refractivity contribution in [3.05, 3.63) is 53.6 Å². The molecule has 0 aliphatic carbocycles. The molecule has 5 heteroatoms. The molecule has 0 aromatic heterocycles. The predicted molar refractivity (Wildman–Crippen MR) is 96.7 cm³/mol. The average molecular weight is 352 g/mol. The molecule has 0 fully saturated rings. The second-order valence-corrected chi connectivity index (χ2v) is 7.14. The Kier molecular flexibility index (Phi) is 7.24. The van der Waals surface area contributed by atoms with Gasteiger partial charge in [0.05, 0.1) is 0 Å². The molecule has 0 spiro atoms. The lowest BCUT2D eigenvalue weighted by atomic mass is 10.3. The highest BCUT2D eigenvalue weighted by molar-refractivity contribution is 7.99. The highest BCUT2D eigenvalue weighted by Crippen LogP contribution is 2.29. The van der Waals surface area contributed by atoms with Crippen LogP contribution >= 0.6 is 23.4 Å². The van der Waals surface area contributed by atoms with Gasteiger partial charge in [0, 0.05) is 27.4 Å². The van der Waals surface area contributed by atoms with Gasteiger partial charge in [-0.3, -0.25) is 0 Å². The summed E-state index contributed by atoms with van der Waals surface area (Å²) < 4.78 is 5.60. The van der Waals surface area contributed by atoms with Gasteiger partial charge in [0.2, 0.25) is 0 Å². The molecule has 0 saturated carbocycles. The van der Waals surface area contributed by atoms with Crippen LogP contribution in [0.5, 0.6) is 5.75 Å². The molecule has 124 valence electrons. The van der Waals surface area contributed by atoms with Gasteiger partial charge in [-0.2, -0.15) is 0 Å². The third-order valence-corrected chi connectivity index (χ3v) is 4.34. The quantitative estimate of drug-likeness (QED) is 0.746. The zero-order chi connectivity index (χ0) is 16.7. The van der Waals surface area contributed by atoms with Crippen LogP contribution in [0, 0.1) is 0 Å². The fourth-order valence-electron chi connectivity index (χ4n) is 1.87. The van der Waals surface area contributed by atoms with E-state index in [1.807, 2.05) is 62.4 Å². The number of aliphatic hydroxyl groups is 1. The summed E-state index contributed by atoms with van der Waals surface area (Å²) in [5.74, 6) is 0.758. The van der Waals surface area contributed by atoms with Crippen LogP contribution in [0.2, 0.25) is 5.02 Å². The number of hydrogen-bond donors (Lipinski definition) is 2. The standard InChI is InChI=1S/C18H22ClNO2S/c1-13(2)20-11-15(21)12-22-16-5-9-18(10-6-16)23-17-7-3-14(19)4-8-17/h3-10,13,15,20-21H,11-12H2,1-2H3/t15-/m0/s1. The van der Waals surface area contributed by atoms with Gasteiger partial charge in [0.25, 0.3) is 0 Å². The molecule has 2 N–H and O–H groups in total. The molecule has 2 aromatic carbocycles. The summed E-state index contributed by atoms with van der Waals surface area (Å²) in [5, 5.41) is 13.7. The summed E-state index contributed by atoms with van der Waals surface area (Å²) in [6.07, 6.45) is -0.513. The smallest absolute Gasteiger partial charge is 0.119 e. The first-order valence-electron chi connectivity index (χ1n) is 7.60. The molecule has 0 unspecified atom stereocenters. The molecule has 0 radical (unpaired) electrons. The summed E-state index contributed by atoms with van der Waals surface area (Å²) in [6, 6.07) is 16.0. The van der Waals surface area contributed by atoms with E-state index in [1.54, 1.807) is 11.8 Å². The number of nitrogens with one attached hydrogen (secondary N) is 1. The Bertz CT molecular complexity index is 587. The molecule has 0 amide bonds. The monoisotopic (exact) mass is 351 g/mol. The van der Waals surface area contributed by atoms with Crippen LogP contribution in [0.25, 0.3) is 0 Å². The van der Waals surface area contributed by atoms with Crippen LogP contribution in [-0.2, 0) is 0 Å². The lowest BCUT2D eigenvalue weighted by molar-refractivity contribution is 0.104. The van der Waals surface area contributed by atoms with Gasteiger partial charge in [0.1, 0.15) is 18.5 Å². The molecular formula is C18H22ClNO2S. The van der Waals surface area contributed by atoms with E-state index in [9.17, 15) is 5.11 Å². The lowest BCUT2D eigenvalue weighted by Gasteiger charge is -2.15. The van der Waals surface area contributed by atoms with Gasteiger partial charge in [-0.1, -0.05) is 37.2 Å². The maximum atomic E-state index is 9.83. The number of ether oxygens (including phenoxy) is 1. The zero-order valence-electron chi connectivity index (χ0n) is 13.3. The molecule has 0 bridgehead atoms. The molecule has 0 aliphatic heterocycles. The highest BCUT2D eigenvalue weighted by atomic mass is 35.5. The van der Waals surface area contributed by atoms with Crippen molar-refractivity contribution in [1.29, 1.82) is 0 Å². The van der Waals surface area contributed by atoms with Crippen LogP contribution < -0.4 is 10.1 Å². The van der Waals surface area contributed by atoms with E-state index in [4.69, 9.17) is 16.3 Å². The highest BCUT2D eigenvalue weighted by Gasteiger charge is 2.06. The predicted octanol–water partition coefficient (Wildman–Crippen LogP) is 4.23. The first kappa shape index (κ1) is 18.1. The molecule has 0 aliphatic rings. The fraction of sp³-hybridized carbons (Fsp3) is 0.333. The van der Waals surface area contributed by atoms with Crippen molar-refractivity contribution in [3.8, 4) is 5.75 Å². The number of halogens is 1. The number of rotatable bonds is 8. The van der Waals surface area contributed by atoms with Crippen molar-refractivity contribution in [3.63, 3.8) is 0 Å². The second-order valence-electron chi connectivity index (χ2n) is 5.56. The van der Waals surface area contributed by atoms with E-state index >= 15 is 0 Å². The van der Waals surface area contributed by atoms with Gasteiger partial charge >= 0.3 is 0 Å². The van der Waals surface area contributed by atoms with Crippen molar-refractivity contribution in [1.82, 2.24) is 5.32 Å². The molecule has 2 rings (SSSR count). The van der Waals surface area contributed by atoms with Crippen LogP contribution in [-0.4, -0.2) is 30.4 Å². The van der Waals surface area contributed by atoms with Crippen LogP contribution in [0.3, 0.4) is 0 Å². The summed E-state index contributed by atoms with van der Waals surface area (Å²) in [6.45, 7) is 4.90. The third-order valence-electron chi connectivity index (χ3n) is 3.08. The summed E-state index contributed by atoms with van der Waals surface area (Å²) in [7, 11) is 0. The van der Waals surface area contributed by atoms with Gasteiger partial charge < -0.3 is 15.2 Å². The topological polar surface area (TPSA) is 41.5 Å². The molecule has 23 heavy (non-hydrogen) atoms. The normalized spacial score (nSPS) is 12.4. The molecule has 3 nitrogen and oxygen atoms in total. The van der Waals surface area contributed by atoms with Crippen molar-refractivity contribution < 1.29 is 9.84 Å². The number of aliphatic hydroxyl groups excluding tert-OH is 1. The zero-order valence-corrected chi connectivity index (χ0v) is 14.9. The Labute approximate surface area is 147 Å². The van der Waals surface area contributed by atoms with Crippen molar-refractivity contribution in [2.24, 2.45) is 0 Å².